The molecule has 0 aliphatic carbocycles. The molecule has 1 aliphatic heterocycles. The third-order valence-corrected chi connectivity index (χ3v) is 10.9. The van der Waals surface area contributed by atoms with Crippen molar-refractivity contribution in [1.82, 2.24) is 0 Å². The van der Waals surface area contributed by atoms with E-state index in [2.05, 4.69) is 0 Å². The molecule has 4 rings (SSSR count). The van der Waals surface area contributed by atoms with Gasteiger partial charge >= 0.3 is 184 Å². The van der Waals surface area contributed by atoms with E-state index in [1.165, 1.54) is 18.2 Å². The van der Waals surface area contributed by atoms with Crippen LogP contribution < -0.4 is 4.46 Å². The number of rotatable bonds is 6. The maximum atomic E-state index is 13.2. The average Bonchev–Trinajstić information content (AvgIpc) is 2.79. The third-order valence-electron chi connectivity index (χ3n) is 4.58. The molecule has 1 unspecified atom stereocenters. The summed E-state index contributed by atoms with van der Waals surface area (Å²) in [4.78, 5) is 10.2. The summed E-state index contributed by atoms with van der Waals surface area (Å²) in [5, 5.41) is 11.4. The van der Waals surface area contributed by atoms with Crippen LogP contribution in [0.2, 0.25) is 0 Å². The van der Waals surface area contributed by atoms with E-state index in [-0.39, 0.29) is 0 Å². The predicted molar refractivity (Wildman–Crippen MR) is 119 cm³/mol. The molecule has 1 atom stereocenters. The second-order valence-electron chi connectivity index (χ2n) is 6.45. The van der Waals surface area contributed by atoms with Gasteiger partial charge < -0.3 is 0 Å². The monoisotopic (exact) mass is 503 g/mol. The number of hydrogen-bond acceptors (Lipinski definition) is 6. The number of nitro groups is 1. The van der Waals surface area contributed by atoms with Crippen molar-refractivity contribution < 1.29 is 21.3 Å². The van der Waals surface area contributed by atoms with Crippen molar-refractivity contribution in [3.63, 3.8) is 0 Å². The van der Waals surface area contributed by atoms with Crippen molar-refractivity contribution in [2.45, 2.75) is 4.90 Å². The number of hydrogen-bond donors (Lipinski definition) is 0. The third kappa shape index (κ3) is 4.08. The minimum atomic E-state index is -4.42. The standard InChI is InChI=1S/C22H17NO6SSe/c1-28-19-15-22(16-9-3-2-4-10-16)31(21-14-8-5-11-17(19)21)29-30(26,27)20-13-7-6-12-18(20)23(24)25/h2-15H,1H3. The average molecular weight is 502 g/mol. The Morgan fingerprint density at radius 3 is 2.26 bits per heavy atom. The van der Waals surface area contributed by atoms with Gasteiger partial charge in [0.05, 0.1) is 0 Å². The molecule has 9 heteroatoms. The summed E-state index contributed by atoms with van der Waals surface area (Å²) < 4.78 is 39.2. The van der Waals surface area contributed by atoms with Crippen LogP contribution in [-0.2, 0) is 18.1 Å². The Morgan fingerprint density at radius 1 is 0.903 bits per heavy atom. The van der Waals surface area contributed by atoms with E-state index in [0.717, 1.165) is 17.2 Å². The quantitative estimate of drug-likeness (QED) is 0.292. The van der Waals surface area contributed by atoms with Gasteiger partial charge in [0.15, 0.2) is 0 Å². The van der Waals surface area contributed by atoms with E-state index < -0.39 is 39.4 Å². The number of nitrogens with zero attached hydrogens (tertiary/aromatic N) is 1. The van der Waals surface area contributed by atoms with Crippen LogP contribution in [-0.4, -0.2) is 38.7 Å². The first-order valence-corrected chi connectivity index (χ1v) is 12.9. The molecule has 158 valence electrons. The molecule has 31 heavy (non-hydrogen) atoms. The second-order valence-corrected chi connectivity index (χ2v) is 11.8. The summed E-state index contributed by atoms with van der Waals surface area (Å²) in [5.74, 6) is 0.598. The van der Waals surface area contributed by atoms with E-state index in [9.17, 15) is 18.5 Å². The molecule has 0 saturated heterocycles. The van der Waals surface area contributed by atoms with Crippen molar-refractivity contribution in [3.05, 3.63) is 106 Å². The van der Waals surface area contributed by atoms with Gasteiger partial charge in [0.25, 0.3) is 0 Å². The molecule has 0 fully saturated rings. The molecule has 0 N–H and O–H groups in total. The van der Waals surface area contributed by atoms with Gasteiger partial charge in [0.2, 0.25) is 0 Å². The first-order chi connectivity index (χ1) is 14.9. The van der Waals surface area contributed by atoms with E-state index >= 15 is 0 Å². The number of nitro benzene ring substituents is 1. The van der Waals surface area contributed by atoms with Crippen LogP contribution >= 0.6 is 0 Å². The maximum absolute atomic E-state index is 13.2. The van der Waals surface area contributed by atoms with Gasteiger partial charge in [-0.2, -0.15) is 0 Å². The molecule has 1 heterocycles. The van der Waals surface area contributed by atoms with Crippen molar-refractivity contribution >= 4 is 44.2 Å². The Bertz CT molecular complexity index is 1330. The molecule has 0 aromatic heterocycles. The van der Waals surface area contributed by atoms with E-state index in [4.69, 9.17) is 8.00 Å². The van der Waals surface area contributed by atoms with Crippen LogP contribution in [0.3, 0.4) is 0 Å². The molecule has 0 saturated carbocycles. The van der Waals surface area contributed by atoms with Gasteiger partial charge in [0, 0.05) is 0 Å². The van der Waals surface area contributed by atoms with Crippen molar-refractivity contribution in [2.75, 3.05) is 7.11 Å². The van der Waals surface area contributed by atoms with Gasteiger partial charge in [-0.15, -0.1) is 0 Å². The summed E-state index contributed by atoms with van der Waals surface area (Å²) in [6.45, 7) is 0. The molecule has 0 bridgehead atoms. The second kappa shape index (κ2) is 8.56. The first-order valence-electron chi connectivity index (χ1n) is 9.12. The molecular weight excluding hydrogens is 485 g/mol. The normalized spacial score (nSPS) is 15.7. The summed E-state index contributed by atoms with van der Waals surface area (Å²) in [7, 11) is -2.87. The first kappa shape index (κ1) is 21.1. The predicted octanol–water partition coefficient (Wildman–Crippen LogP) is 3.00. The molecule has 7 nitrogen and oxygen atoms in total. The van der Waals surface area contributed by atoms with Crippen LogP contribution in [0.4, 0.5) is 5.69 Å². The molecular formula is C22H17NO6SSe. The van der Waals surface area contributed by atoms with Crippen LogP contribution in [0.5, 0.6) is 0 Å². The van der Waals surface area contributed by atoms with Gasteiger partial charge in [-0.1, -0.05) is 0 Å². The number of fused-ring (bicyclic) bond motifs is 1. The SMILES string of the molecule is COC1=CC(c2ccccc2)=[Se](OS(=O)(=O)c2ccccc2[N+](=O)[O-])c2ccccc21. The number of para-hydroxylation sites is 1. The van der Waals surface area contributed by atoms with Crippen LogP contribution in [0.25, 0.3) is 5.76 Å². The van der Waals surface area contributed by atoms with Gasteiger partial charge in [-0.3, -0.25) is 0 Å². The summed E-state index contributed by atoms with van der Waals surface area (Å²) in [5.41, 5.74) is 1.02. The Hall–Kier alpha value is -3.10. The van der Waals surface area contributed by atoms with Crippen molar-refractivity contribution in [3.8, 4) is 0 Å². The molecule has 0 radical (unpaired) electrons. The zero-order valence-electron chi connectivity index (χ0n) is 16.3. The summed E-state index contributed by atoms with van der Waals surface area (Å²) in [6.07, 6.45) is 1.79. The molecule has 3 aromatic rings. The number of methoxy groups -OCH3 is 1. The summed E-state index contributed by atoms with van der Waals surface area (Å²) >= 11 is -2.63. The Balaban J connectivity index is 1.95. The zero-order chi connectivity index (χ0) is 22.0. The van der Waals surface area contributed by atoms with Crippen molar-refractivity contribution in [1.29, 1.82) is 0 Å². The van der Waals surface area contributed by atoms with Crippen LogP contribution in [0, 0.1) is 10.1 Å². The van der Waals surface area contributed by atoms with E-state index in [1.807, 2.05) is 48.5 Å². The topological polar surface area (TPSA) is 95.7 Å². The van der Waals surface area contributed by atoms with Crippen LogP contribution in [0.1, 0.15) is 11.1 Å². The fraction of sp³-hybridized carbons (Fsp3) is 0.0455. The van der Waals surface area contributed by atoms with Gasteiger partial charge in [-0.05, 0) is 0 Å². The van der Waals surface area contributed by atoms with Crippen molar-refractivity contribution in [2.24, 2.45) is 0 Å². The molecule has 0 spiro atoms. The van der Waals surface area contributed by atoms with E-state index in [0.29, 0.717) is 14.6 Å². The van der Waals surface area contributed by atoms with Gasteiger partial charge in [0.1, 0.15) is 0 Å². The van der Waals surface area contributed by atoms with Gasteiger partial charge in [-0.25, -0.2) is 0 Å². The number of allylic oxidation sites excluding steroid dienone is 1. The zero-order valence-corrected chi connectivity index (χ0v) is 18.8. The Kier molecular flexibility index (Phi) is 5.84. The number of ether oxygens (including phenoxy) is 1. The Morgan fingerprint density at radius 2 is 1.55 bits per heavy atom. The Labute approximate surface area is 183 Å². The van der Waals surface area contributed by atoms with Crippen LogP contribution in [0.15, 0.2) is 89.8 Å². The van der Waals surface area contributed by atoms with E-state index in [1.54, 1.807) is 19.3 Å². The fourth-order valence-corrected chi connectivity index (χ4v) is 9.61. The summed E-state index contributed by atoms with van der Waals surface area (Å²) in [6, 6.07) is 21.8. The molecule has 1 aliphatic rings. The minimum absolute atomic E-state index is 0.463. The fourth-order valence-electron chi connectivity index (χ4n) is 3.18. The molecule has 0 amide bonds. The molecule has 3 aromatic carbocycles. The number of benzene rings is 3.